The highest BCUT2D eigenvalue weighted by Gasteiger charge is 2.21. The number of rotatable bonds is 2. The molecule has 0 aliphatic carbocycles. The number of ether oxygens (including phenoxy) is 1. The van der Waals surface area contributed by atoms with Crippen LogP contribution in [0.5, 0.6) is 0 Å². The van der Waals surface area contributed by atoms with Gasteiger partial charge in [-0.2, -0.15) is 0 Å². The highest BCUT2D eigenvalue weighted by molar-refractivity contribution is 7.09. The van der Waals surface area contributed by atoms with E-state index in [1.165, 1.54) is 24.9 Å². The van der Waals surface area contributed by atoms with Gasteiger partial charge in [0.05, 0.1) is 13.2 Å². The highest BCUT2D eigenvalue weighted by Crippen LogP contribution is 2.25. The molecule has 0 saturated carbocycles. The largest absolute Gasteiger partial charge is 0.464 e. The van der Waals surface area contributed by atoms with Crippen molar-refractivity contribution >= 4 is 17.3 Å². The SMILES string of the molecule is COC(=O)c1csc([C@@H]2CCCN2)n1. The third-order valence-electron chi connectivity index (χ3n) is 2.27. The number of carbonyl (C=O) groups excluding carboxylic acids is 1. The van der Waals surface area contributed by atoms with Gasteiger partial charge in [-0.1, -0.05) is 0 Å². The Kier molecular flexibility index (Phi) is 2.79. The standard InChI is InChI=1S/C9H12N2O2S/c1-13-9(12)7-5-14-8(11-7)6-3-2-4-10-6/h5-6,10H,2-4H2,1H3/t6-/m0/s1. The molecule has 0 amide bonds. The van der Waals surface area contributed by atoms with E-state index in [0.29, 0.717) is 11.7 Å². The van der Waals surface area contributed by atoms with Crippen LogP contribution >= 0.6 is 11.3 Å². The van der Waals surface area contributed by atoms with Crippen LogP contribution in [-0.2, 0) is 4.74 Å². The topological polar surface area (TPSA) is 51.2 Å². The van der Waals surface area contributed by atoms with E-state index < -0.39 is 0 Å². The first-order valence-corrected chi connectivity index (χ1v) is 5.46. The number of aromatic nitrogens is 1. The van der Waals surface area contributed by atoms with Gasteiger partial charge in [0.1, 0.15) is 5.01 Å². The van der Waals surface area contributed by atoms with E-state index in [9.17, 15) is 4.79 Å². The van der Waals surface area contributed by atoms with Crippen molar-refractivity contribution in [2.75, 3.05) is 13.7 Å². The molecule has 0 bridgehead atoms. The van der Waals surface area contributed by atoms with Gasteiger partial charge in [0.2, 0.25) is 0 Å². The fraction of sp³-hybridized carbons (Fsp3) is 0.556. The minimum Gasteiger partial charge on any atom is -0.464 e. The predicted molar refractivity (Wildman–Crippen MR) is 53.4 cm³/mol. The number of esters is 1. The van der Waals surface area contributed by atoms with E-state index >= 15 is 0 Å². The first kappa shape index (κ1) is 9.61. The third-order valence-corrected chi connectivity index (χ3v) is 3.23. The molecule has 1 aliphatic heterocycles. The summed E-state index contributed by atoms with van der Waals surface area (Å²) in [5.74, 6) is -0.356. The molecule has 1 N–H and O–H groups in total. The zero-order chi connectivity index (χ0) is 9.97. The Bertz CT molecular complexity index is 331. The maximum atomic E-state index is 11.1. The lowest BCUT2D eigenvalue weighted by atomic mass is 10.2. The van der Waals surface area contributed by atoms with Gasteiger partial charge in [-0.15, -0.1) is 11.3 Å². The first-order chi connectivity index (χ1) is 6.81. The lowest BCUT2D eigenvalue weighted by Gasteiger charge is -2.04. The smallest absolute Gasteiger partial charge is 0.357 e. The third kappa shape index (κ3) is 1.78. The van der Waals surface area contributed by atoms with Crippen molar-refractivity contribution in [3.05, 3.63) is 16.1 Å². The van der Waals surface area contributed by atoms with Crippen LogP contribution in [0.2, 0.25) is 0 Å². The van der Waals surface area contributed by atoms with Gasteiger partial charge < -0.3 is 10.1 Å². The van der Waals surface area contributed by atoms with Crippen molar-refractivity contribution in [3.63, 3.8) is 0 Å². The van der Waals surface area contributed by atoms with Crippen LogP contribution in [0.25, 0.3) is 0 Å². The number of hydrogen-bond donors (Lipinski definition) is 1. The maximum absolute atomic E-state index is 11.1. The summed E-state index contributed by atoms with van der Waals surface area (Å²) in [5, 5.41) is 6.08. The summed E-state index contributed by atoms with van der Waals surface area (Å²) in [4.78, 5) is 15.4. The summed E-state index contributed by atoms with van der Waals surface area (Å²) < 4.78 is 4.60. The molecule has 0 spiro atoms. The van der Waals surface area contributed by atoms with Crippen molar-refractivity contribution in [3.8, 4) is 0 Å². The van der Waals surface area contributed by atoms with Crippen LogP contribution in [-0.4, -0.2) is 24.6 Å². The second-order valence-corrected chi connectivity index (χ2v) is 4.10. The average Bonchev–Trinajstić information content (AvgIpc) is 2.86. The molecule has 0 aromatic carbocycles. The molecule has 1 atom stereocenters. The van der Waals surface area contributed by atoms with Gasteiger partial charge in [0.25, 0.3) is 0 Å². The molecule has 14 heavy (non-hydrogen) atoms. The van der Waals surface area contributed by atoms with Crippen molar-refractivity contribution in [2.45, 2.75) is 18.9 Å². The Balaban J connectivity index is 2.12. The molecule has 4 nitrogen and oxygen atoms in total. The Hall–Kier alpha value is -0.940. The van der Waals surface area contributed by atoms with E-state index in [1.807, 2.05) is 0 Å². The summed E-state index contributed by atoms with van der Waals surface area (Å²) in [6, 6.07) is 0.332. The van der Waals surface area contributed by atoms with Gasteiger partial charge >= 0.3 is 5.97 Å². The van der Waals surface area contributed by atoms with E-state index in [4.69, 9.17) is 0 Å². The quantitative estimate of drug-likeness (QED) is 0.752. The van der Waals surface area contributed by atoms with Crippen molar-refractivity contribution in [1.29, 1.82) is 0 Å². The first-order valence-electron chi connectivity index (χ1n) is 4.58. The van der Waals surface area contributed by atoms with Gasteiger partial charge in [0.15, 0.2) is 5.69 Å². The number of carbonyl (C=O) groups is 1. The van der Waals surface area contributed by atoms with Crippen LogP contribution in [0.1, 0.15) is 34.4 Å². The molecular weight excluding hydrogens is 200 g/mol. The van der Waals surface area contributed by atoms with Crippen molar-refractivity contribution in [2.24, 2.45) is 0 Å². The average molecular weight is 212 g/mol. The molecule has 1 aromatic rings. The highest BCUT2D eigenvalue weighted by atomic mass is 32.1. The lowest BCUT2D eigenvalue weighted by Crippen LogP contribution is -2.13. The van der Waals surface area contributed by atoms with Crippen LogP contribution in [0.15, 0.2) is 5.38 Å². The van der Waals surface area contributed by atoms with E-state index in [-0.39, 0.29) is 5.97 Å². The molecule has 76 valence electrons. The van der Waals surface area contributed by atoms with Gasteiger partial charge in [0, 0.05) is 5.38 Å². The maximum Gasteiger partial charge on any atom is 0.357 e. The fourth-order valence-corrected chi connectivity index (χ4v) is 2.44. The summed E-state index contributed by atoms with van der Waals surface area (Å²) >= 11 is 1.52. The zero-order valence-corrected chi connectivity index (χ0v) is 8.76. The van der Waals surface area contributed by atoms with Crippen LogP contribution in [0.4, 0.5) is 0 Å². The lowest BCUT2D eigenvalue weighted by molar-refractivity contribution is 0.0594. The summed E-state index contributed by atoms with van der Waals surface area (Å²) in [7, 11) is 1.37. The van der Waals surface area contributed by atoms with Gasteiger partial charge in [-0.05, 0) is 19.4 Å². The summed E-state index contributed by atoms with van der Waals surface area (Å²) in [6.45, 7) is 1.04. The van der Waals surface area contributed by atoms with Gasteiger partial charge in [-0.3, -0.25) is 0 Å². The molecule has 1 aliphatic rings. The Morgan fingerprint density at radius 2 is 2.64 bits per heavy atom. The molecular formula is C9H12N2O2S. The van der Waals surface area contributed by atoms with Crippen LogP contribution in [0, 0.1) is 0 Å². The molecule has 2 rings (SSSR count). The molecule has 5 heteroatoms. The van der Waals surface area contributed by atoms with E-state index in [2.05, 4.69) is 15.0 Å². The van der Waals surface area contributed by atoms with Crippen molar-refractivity contribution in [1.82, 2.24) is 10.3 Å². The second-order valence-electron chi connectivity index (χ2n) is 3.21. The Labute approximate surface area is 86.3 Å². The zero-order valence-electron chi connectivity index (χ0n) is 7.95. The van der Waals surface area contributed by atoms with Crippen LogP contribution < -0.4 is 5.32 Å². The van der Waals surface area contributed by atoms with E-state index in [0.717, 1.165) is 18.0 Å². The normalized spacial score (nSPS) is 21.1. The molecule has 0 unspecified atom stereocenters. The molecule has 1 aromatic heterocycles. The Morgan fingerprint density at radius 3 is 3.29 bits per heavy atom. The summed E-state index contributed by atoms with van der Waals surface area (Å²) in [5.41, 5.74) is 0.418. The molecule has 0 radical (unpaired) electrons. The number of thiazole rings is 1. The van der Waals surface area contributed by atoms with E-state index in [1.54, 1.807) is 5.38 Å². The number of methoxy groups -OCH3 is 1. The second kappa shape index (κ2) is 4.06. The molecule has 2 heterocycles. The molecule has 1 fully saturated rings. The van der Waals surface area contributed by atoms with Gasteiger partial charge in [-0.25, -0.2) is 9.78 Å². The Morgan fingerprint density at radius 1 is 1.79 bits per heavy atom. The molecule has 1 saturated heterocycles. The van der Waals surface area contributed by atoms with Crippen molar-refractivity contribution < 1.29 is 9.53 Å². The minimum atomic E-state index is -0.356. The fourth-order valence-electron chi connectivity index (χ4n) is 1.54. The van der Waals surface area contributed by atoms with Crippen LogP contribution in [0.3, 0.4) is 0 Å². The predicted octanol–water partition coefficient (Wildman–Crippen LogP) is 1.35. The monoisotopic (exact) mass is 212 g/mol. The number of nitrogens with zero attached hydrogens (tertiary/aromatic N) is 1. The number of nitrogens with one attached hydrogen (secondary N) is 1. The number of hydrogen-bond acceptors (Lipinski definition) is 5. The minimum absolute atomic E-state index is 0.332. The summed E-state index contributed by atoms with van der Waals surface area (Å²) in [6.07, 6.45) is 2.28.